The minimum absolute atomic E-state index is 0.175. The molecule has 0 heterocycles. The first kappa shape index (κ1) is 13.7. The molecule has 0 atom stereocenters. The third kappa shape index (κ3) is 2.87. The first-order valence-corrected chi connectivity index (χ1v) is 4.79. The molecule has 0 bridgehead atoms. The third-order valence-electron chi connectivity index (χ3n) is 1.82. The predicted molar refractivity (Wildman–Crippen MR) is 51.2 cm³/mol. The maximum Gasteiger partial charge on any atom is 0.206 e. The Balaban J connectivity index is 3.16. The second-order valence-electron chi connectivity index (χ2n) is 4.75. The number of ether oxygens (including phenoxy) is 1. The van der Waals surface area contributed by atoms with Gasteiger partial charge >= 0.3 is 0 Å². The topological polar surface area (TPSA) is 9.23 Å². The van der Waals surface area contributed by atoms with E-state index < -0.39 is 40.3 Å². The Morgan fingerprint density at radius 3 is 1.47 bits per heavy atom. The Morgan fingerprint density at radius 2 is 1.12 bits per heavy atom. The summed E-state index contributed by atoms with van der Waals surface area (Å²) in [4.78, 5) is 0. The van der Waals surface area contributed by atoms with Gasteiger partial charge in [0.1, 0.15) is 0 Å². The molecule has 1 nitrogen and oxygen atoms in total. The Labute approximate surface area is 95.2 Å². The molecule has 1 aromatic carbocycles. The molecular formula is C11H11F5O. The summed E-state index contributed by atoms with van der Waals surface area (Å²) in [5.74, 6) is -11.4. The Kier molecular flexibility index (Phi) is 3.64. The van der Waals surface area contributed by atoms with E-state index in [0.29, 0.717) is 0 Å². The summed E-state index contributed by atoms with van der Waals surface area (Å²) in [6.07, 6.45) is 0. The van der Waals surface area contributed by atoms with Crippen LogP contribution in [0.2, 0.25) is 0 Å². The van der Waals surface area contributed by atoms with Crippen molar-refractivity contribution in [2.24, 2.45) is 5.41 Å². The number of hydrogen-bond donors (Lipinski definition) is 0. The van der Waals surface area contributed by atoms with E-state index in [1.165, 1.54) is 0 Å². The molecule has 0 aliphatic carbocycles. The molecule has 0 amide bonds. The maximum atomic E-state index is 13.1. The fourth-order valence-electron chi connectivity index (χ4n) is 1.00. The molecule has 0 saturated carbocycles. The van der Waals surface area contributed by atoms with Gasteiger partial charge in [-0.25, -0.2) is 13.2 Å². The van der Waals surface area contributed by atoms with E-state index in [0.717, 1.165) is 0 Å². The van der Waals surface area contributed by atoms with Crippen LogP contribution < -0.4 is 4.74 Å². The zero-order valence-electron chi connectivity index (χ0n) is 9.51. The lowest BCUT2D eigenvalue weighted by molar-refractivity contribution is 0.177. The molecule has 0 N–H and O–H groups in total. The molecular weight excluding hydrogens is 243 g/mol. The number of hydrogen-bond acceptors (Lipinski definition) is 1. The van der Waals surface area contributed by atoms with Crippen molar-refractivity contribution in [3.63, 3.8) is 0 Å². The molecule has 96 valence electrons. The van der Waals surface area contributed by atoms with Gasteiger partial charge in [0.05, 0.1) is 6.61 Å². The van der Waals surface area contributed by atoms with Gasteiger partial charge in [-0.1, -0.05) is 20.8 Å². The summed E-state index contributed by atoms with van der Waals surface area (Å²) in [7, 11) is 0. The van der Waals surface area contributed by atoms with Crippen molar-refractivity contribution < 1.29 is 26.7 Å². The van der Waals surface area contributed by atoms with Gasteiger partial charge in [-0.3, -0.25) is 0 Å². The summed E-state index contributed by atoms with van der Waals surface area (Å²) < 4.78 is 69.2. The van der Waals surface area contributed by atoms with Crippen molar-refractivity contribution in [3.8, 4) is 5.75 Å². The van der Waals surface area contributed by atoms with Crippen LogP contribution >= 0.6 is 0 Å². The largest absolute Gasteiger partial charge is 0.487 e. The van der Waals surface area contributed by atoms with Crippen LogP contribution in [0.15, 0.2) is 0 Å². The van der Waals surface area contributed by atoms with E-state index in [1.54, 1.807) is 20.8 Å². The first-order chi connectivity index (χ1) is 7.65. The van der Waals surface area contributed by atoms with E-state index in [9.17, 15) is 22.0 Å². The van der Waals surface area contributed by atoms with Crippen molar-refractivity contribution in [1.29, 1.82) is 0 Å². The quantitative estimate of drug-likeness (QED) is 0.443. The summed E-state index contributed by atoms with van der Waals surface area (Å²) in [6, 6.07) is 0. The smallest absolute Gasteiger partial charge is 0.206 e. The second-order valence-corrected chi connectivity index (χ2v) is 4.75. The van der Waals surface area contributed by atoms with Crippen LogP contribution in [0.5, 0.6) is 5.75 Å². The van der Waals surface area contributed by atoms with Crippen LogP contribution in [0.4, 0.5) is 22.0 Å². The summed E-state index contributed by atoms with van der Waals surface area (Å²) >= 11 is 0. The average molecular weight is 254 g/mol. The highest BCUT2D eigenvalue weighted by atomic mass is 19.2. The minimum atomic E-state index is -2.19. The molecule has 0 aliphatic rings. The third-order valence-corrected chi connectivity index (χ3v) is 1.82. The maximum absolute atomic E-state index is 13.1. The van der Waals surface area contributed by atoms with Crippen molar-refractivity contribution in [2.45, 2.75) is 20.8 Å². The average Bonchev–Trinajstić information content (AvgIpc) is 2.22. The van der Waals surface area contributed by atoms with Gasteiger partial charge in [0.25, 0.3) is 0 Å². The molecule has 0 unspecified atom stereocenters. The van der Waals surface area contributed by atoms with Crippen LogP contribution in [0.3, 0.4) is 0 Å². The minimum Gasteiger partial charge on any atom is -0.487 e. The van der Waals surface area contributed by atoms with Gasteiger partial charge in [-0.05, 0) is 5.41 Å². The van der Waals surface area contributed by atoms with Crippen molar-refractivity contribution in [3.05, 3.63) is 29.1 Å². The zero-order chi connectivity index (χ0) is 13.4. The molecule has 0 fully saturated rings. The number of rotatable bonds is 2. The summed E-state index contributed by atoms with van der Waals surface area (Å²) in [5, 5.41) is 0. The predicted octanol–water partition coefficient (Wildman–Crippen LogP) is 3.81. The lowest BCUT2D eigenvalue weighted by Crippen LogP contribution is -2.19. The highest BCUT2D eigenvalue weighted by Crippen LogP contribution is 2.30. The summed E-state index contributed by atoms with van der Waals surface area (Å²) in [6.45, 7) is 4.91. The lowest BCUT2D eigenvalue weighted by Gasteiger charge is -2.19. The van der Waals surface area contributed by atoms with Crippen LogP contribution in [-0.2, 0) is 0 Å². The highest BCUT2D eigenvalue weighted by Gasteiger charge is 2.27. The number of halogens is 5. The molecule has 1 rings (SSSR count). The standard InChI is InChI=1S/C11H11F5O/c1-11(2,3)4-17-10-8(15)6(13)5(12)7(14)9(10)16/h4H2,1-3H3. The van der Waals surface area contributed by atoms with Crippen molar-refractivity contribution >= 4 is 0 Å². The van der Waals surface area contributed by atoms with E-state index in [2.05, 4.69) is 4.74 Å². The normalized spacial score (nSPS) is 11.8. The van der Waals surface area contributed by atoms with Crippen molar-refractivity contribution in [2.75, 3.05) is 6.61 Å². The molecule has 1 aromatic rings. The molecule has 0 aliphatic heterocycles. The fourth-order valence-corrected chi connectivity index (χ4v) is 1.00. The van der Waals surface area contributed by atoms with Crippen LogP contribution in [0, 0.1) is 34.5 Å². The van der Waals surface area contributed by atoms with Gasteiger partial charge in [0.15, 0.2) is 5.75 Å². The lowest BCUT2D eigenvalue weighted by atomic mass is 9.99. The van der Waals surface area contributed by atoms with Gasteiger partial charge in [0, 0.05) is 0 Å². The molecule has 0 aromatic heterocycles. The van der Waals surface area contributed by atoms with Gasteiger partial charge in [-0.2, -0.15) is 8.78 Å². The van der Waals surface area contributed by atoms with E-state index in [1.807, 2.05) is 0 Å². The highest BCUT2D eigenvalue weighted by molar-refractivity contribution is 5.29. The second kappa shape index (κ2) is 4.50. The molecule has 17 heavy (non-hydrogen) atoms. The fraction of sp³-hybridized carbons (Fsp3) is 0.455. The molecule has 6 heteroatoms. The zero-order valence-corrected chi connectivity index (χ0v) is 9.51. The van der Waals surface area contributed by atoms with Gasteiger partial charge in [0.2, 0.25) is 29.1 Å². The van der Waals surface area contributed by atoms with Crippen LogP contribution in [0.1, 0.15) is 20.8 Å². The van der Waals surface area contributed by atoms with E-state index in [4.69, 9.17) is 0 Å². The van der Waals surface area contributed by atoms with E-state index in [-0.39, 0.29) is 6.61 Å². The molecule has 0 radical (unpaired) electrons. The van der Waals surface area contributed by atoms with Crippen LogP contribution in [-0.4, -0.2) is 6.61 Å². The SMILES string of the molecule is CC(C)(C)COc1c(F)c(F)c(F)c(F)c1F. The van der Waals surface area contributed by atoms with Crippen LogP contribution in [0.25, 0.3) is 0 Å². The molecule has 0 saturated heterocycles. The summed E-state index contributed by atoms with van der Waals surface area (Å²) in [5.41, 5.74) is -0.472. The number of benzene rings is 1. The Bertz CT molecular complexity index is 407. The van der Waals surface area contributed by atoms with Crippen molar-refractivity contribution in [1.82, 2.24) is 0 Å². The molecule has 0 spiro atoms. The Hall–Kier alpha value is -1.33. The monoisotopic (exact) mass is 254 g/mol. The van der Waals surface area contributed by atoms with Gasteiger partial charge in [-0.15, -0.1) is 0 Å². The van der Waals surface area contributed by atoms with E-state index >= 15 is 0 Å². The van der Waals surface area contributed by atoms with Gasteiger partial charge < -0.3 is 4.74 Å². The Morgan fingerprint density at radius 1 is 0.765 bits per heavy atom. The first-order valence-electron chi connectivity index (χ1n) is 4.79.